The number of rotatable bonds is 6. The smallest absolute Gasteiger partial charge is 0.226 e. The lowest BCUT2D eigenvalue weighted by molar-refractivity contribution is -0.126. The Balaban J connectivity index is 1.54. The van der Waals surface area contributed by atoms with Gasteiger partial charge in [0, 0.05) is 19.5 Å². The van der Waals surface area contributed by atoms with Gasteiger partial charge < -0.3 is 19.4 Å². The van der Waals surface area contributed by atoms with E-state index in [0.29, 0.717) is 26.0 Å². The number of carbonyl (C=O) groups is 1. The maximum atomic E-state index is 12.4. The van der Waals surface area contributed by atoms with Crippen LogP contribution in [0.3, 0.4) is 0 Å². The predicted molar refractivity (Wildman–Crippen MR) is 88.1 cm³/mol. The second kappa shape index (κ2) is 7.33. The average molecular weight is 330 g/mol. The van der Waals surface area contributed by atoms with Gasteiger partial charge in [0.25, 0.3) is 0 Å². The zero-order chi connectivity index (χ0) is 16.9. The molecule has 7 nitrogen and oxygen atoms in total. The number of fused-ring (bicyclic) bond motifs is 1. The number of aryl methyl sites for hydroxylation is 1. The molecule has 1 aliphatic rings. The van der Waals surface area contributed by atoms with E-state index in [1.165, 1.54) is 0 Å². The van der Waals surface area contributed by atoms with Crippen LogP contribution >= 0.6 is 0 Å². The van der Waals surface area contributed by atoms with Gasteiger partial charge in [0.15, 0.2) is 0 Å². The van der Waals surface area contributed by atoms with Gasteiger partial charge in [-0.25, -0.2) is 0 Å². The average Bonchev–Trinajstić information content (AvgIpc) is 3.08. The van der Waals surface area contributed by atoms with Crippen molar-refractivity contribution in [3.8, 4) is 11.5 Å². The Morgan fingerprint density at radius 1 is 1.50 bits per heavy atom. The molecule has 0 saturated heterocycles. The molecule has 1 aromatic heterocycles. The first kappa shape index (κ1) is 16.3. The summed E-state index contributed by atoms with van der Waals surface area (Å²) < 4.78 is 12.9. The van der Waals surface area contributed by atoms with Crippen molar-refractivity contribution in [2.45, 2.75) is 26.3 Å². The monoisotopic (exact) mass is 330 g/mol. The van der Waals surface area contributed by atoms with Gasteiger partial charge in [-0.15, -0.1) is 10.2 Å². The summed E-state index contributed by atoms with van der Waals surface area (Å²) in [5.41, 5.74) is 1.01. The molecule has 128 valence electrons. The Labute approximate surface area is 141 Å². The summed E-state index contributed by atoms with van der Waals surface area (Å²) in [4.78, 5) is 12.4. The summed E-state index contributed by atoms with van der Waals surface area (Å²) in [7, 11) is 1.63. The van der Waals surface area contributed by atoms with E-state index in [4.69, 9.17) is 9.47 Å². The topological polar surface area (TPSA) is 78.3 Å². The van der Waals surface area contributed by atoms with E-state index in [-0.39, 0.29) is 11.8 Å². The molecule has 0 radical (unpaired) electrons. The number of amides is 1. The highest BCUT2D eigenvalue weighted by atomic mass is 16.5. The van der Waals surface area contributed by atoms with Crippen molar-refractivity contribution in [1.29, 1.82) is 0 Å². The molecule has 1 amide bonds. The SMILES string of the molecule is CCn1cnnc1CCNC(=O)[C@H]1COc2ccc(OC)cc2C1. The highest BCUT2D eigenvalue weighted by molar-refractivity contribution is 5.79. The molecule has 0 aliphatic carbocycles. The first-order chi connectivity index (χ1) is 11.7. The van der Waals surface area contributed by atoms with E-state index in [2.05, 4.69) is 15.5 Å². The second-order valence-electron chi connectivity index (χ2n) is 5.76. The highest BCUT2D eigenvalue weighted by Gasteiger charge is 2.26. The highest BCUT2D eigenvalue weighted by Crippen LogP contribution is 2.30. The van der Waals surface area contributed by atoms with Crippen molar-refractivity contribution < 1.29 is 14.3 Å². The molecule has 1 aromatic carbocycles. The Bertz CT molecular complexity index is 714. The fourth-order valence-corrected chi connectivity index (χ4v) is 2.84. The van der Waals surface area contributed by atoms with Crippen LogP contribution in [0.25, 0.3) is 0 Å². The standard InChI is InChI=1S/C17H22N4O3/c1-3-21-11-19-20-16(21)6-7-18-17(22)13-8-12-9-14(23-2)4-5-15(12)24-10-13/h4-5,9,11,13H,3,6-8,10H2,1-2H3,(H,18,22)/t13-/m1/s1. The first-order valence-electron chi connectivity index (χ1n) is 8.15. The van der Waals surface area contributed by atoms with Crippen LogP contribution in [0.1, 0.15) is 18.3 Å². The molecule has 2 aromatic rings. The summed E-state index contributed by atoms with van der Waals surface area (Å²) >= 11 is 0. The number of ether oxygens (including phenoxy) is 2. The Kier molecular flexibility index (Phi) is 4.98. The molecule has 1 aliphatic heterocycles. The van der Waals surface area contributed by atoms with Crippen molar-refractivity contribution in [3.63, 3.8) is 0 Å². The third-order valence-corrected chi connectivity index (χ3v) is 4.23. The van der Waals surface area contributed by atoms with E-state index < -0.39 is 0 Å². The normalized spacial score (nSPS) is 16.2. The number of carbonyl (C=O) groups excluding carboxylic acids is 1. The van der Waals surface area contributed by atoms with E-state index in [9.17, 15) is 4.79 Å². The molecule has 2 heterocycles. The number of nitrogens with one attached hydrogen (secondary N) is 1. The van der Waals surface area contributed by atoms with Crippen LogP contribution in [0.4, 0.5) is 0 Å². The molecule has 0 saturated carbocycles. The largest absolute Gasteiger partial charge is 0.497 e. The number of hydrogen-bond donors (Lipinski definition) is 1. The first-order valence-corrected chi connectivity index (χ1v) is 8.15. The van der Waals surface area contributed by atoms with Crippen molar-refractivity contribution in [1.82, 2.24) is 20.1 Å². The van der Waals surface area contributed by atoms with Gasteiger partial charge in [-0.3, -0.25) is 4.79 Å². The van der Waals surface area contributed by atoms with Gasteiger partial charge in [0.2, 0.25) is 5.91 Å². The van der Waals surface area contributed by atoms with E-state index in [0.717, 1.165) is 29.4 Å². The third-order valence-electron chi connectivity index (χ3n) is 4.23. The molecule has 1 N–H and O–H groups in total. The Morgan fingerprint density at radius 2 is 2.38 bits per heavy atom. The summed E-state index contributed by atoms with van der Waals surface area (Å²) in [6, 6.07) is 5.68. The van der Waals surface area contributed by atoms with Crippen molar-refractivity contribution in [2.75, 3.05) is 20.3 Å². The van der Waals surface area contributed by atoms with Gasteiger partial charge in [-0.2, -0.15) is 0 Å². The Hall–Kier alpha value is -2.57. The molecule has 1 atom stereocenters. The number of aromatic nitrogens is 3. The molecular weight excluding hydrogens is 308 g/mol. The minimum absolute atomic E-state index is 0.00559. The predicted octanol–water partition coefficient (Wildman–Crippen LogP) is 1.22. The van der Waals surface area contributed by atoms with Gasteiger partial charge in [0.1, 0.15) is 30.3 Å². The van der Waals surface area contributed by atoms with Crippen molar-refractivity contribution >= 4 is 5.91 Å². The van der Waals surface area contributed by atoms with Crippen LogP contribution < -0.4 is 14.8 Å². The van der Waals surface area contributed by atoms with Crippen LogP contribution in [-0.4, -0.2) is 40.9 Å². The Morgan fingerprint density at radius 3 is 3.17 bits per heavy atom. The van der Waals surface area contributed by atoms with Crippen LogP contribution in [-0.2, 0) is 24.2 Å². The molecule has 3 rings (SSSR count). The van der Waals surface area contributed by atoms with Gasteiger partial charge >= 0.3 is 0 Å². The maximum absolute atomic E-state index is 12.4. The maximum Gasteiger partial charge on any atom is 0.226 e. The zero-order valence-corrected chi connectivity index (χ0v) is 14.0. The number of methoxy groups -OCH3 is 1. The van der Waals surface area contributed by atoms with Crippen molar-refractivity contribution in [3.05, 3.63) is 35.9 Å². The quantitative estimate of drug-likeness (QED) is 0.861. The van der Waals surface area contributed by atoms with Crippen LogP contribution in [0.5, 0.6) is 11.5 Å². The molecule has 0 spiro atoms. The van der Waals surface area contributed by atoms with Gasteiger partial charge in [-0.05, 0) is 37.1 Å². The molecule has 0 fully saturated rings. The number of benzene rings is 1. The fraction of sp³-hybridized carbons (Fsp3) is 0.471. The third kappa shape index (κ3) is 3.50. The second-order valence-corrected chi connectivity index (χ2v) is 5.76. The molecule has 7 heteroatoms. The minimum Gasteiger partial charge on any atom is -0.497 e. The van der Waals surface area contributed by atoms with Gasteiger partial charge in [0.05, 0.1) is 13.0 Å². The molecule has 24 heavy (non-hydrogen) atoms. The van der Waals surface area contributed by atoms with Gasteiger partial charge in [-0.1, -0.05) is 0 Å². The molecular formula is C17H22N4O3. The number of hydrogen-bond acceptors (Lipinski definition) is 5. The fourth-order valence-electron chi connectivity index (χ4n) is 2.84. The lowest BCUT2D eigenvalue weighted by Gasteiger charge is -2.25. The van der Waals surface area contributed by atoms with Crippen LogP contribution in [0.15, 0.2) is 24.5 Å². The lowest BCUT2D eigenvalue weighted by atomic mass is 9.96. The van der Waals surface area contributed by atoms with E-state index in [1.807, 2.05) is 29.7 Å². The minimum atomic E-state index is -0.186. The lowest BCUT2D eigenvalue weighted by Crippen LogP contribution is -2.38. The van der Waals surface area contributed by atoms with Crippen LogP contribution in [0.2, 0.25) is 0 Å². The summed E-state index contributed by atoms with van der Waals surface area (Å²) in [6.07, 6.45) is 3.03. The number of nitrogens with zero attached hydrogens (tertiary/aromatic N) is 3. The summed E-state index contributed by atoms with van der Waals surface area (Å²) in [6.45, 7) is 3.80. The molecule has 0 unspecified atom stereocenters. The van der Waals surface area contributed by atoms with E-state index in [1.54, 1.807) is 13.4 Å². The van der Waals surface area contributed by atoms with E-state index >= 15 is 0 Å². The molecule has 0 bridgehead atoms. The van der Waals surface area contributed by atoms with Crippen LogP contribution in [0, 0.1) is 5.92 Å². The summed E-state index contributed by atoms with van der Waals surface area (Å²) in [5, 5.41) is 10.9. The summed E-state index contributed by atoms with van der Waals surface area (Å²) in [5.74, 6) is 2.31. The van der Waals surface area contributed by atoms with Crippen molar-refractivity contribution in [2.24, 2.45) is 5.92 Å². The zero-order valence-electron chi connectivity index (χ0n) is 14.0.